The summed E-state index contributed by atoms with van der Waals surface area (Å²) in [7, 11) is 1.58. The van der Waals surface area contributed by atoms with Crippen molar-refractivity contribution in [3.8, 4) is 22.8 Å². The lowest BCUT2D eigenvalue weighted by Crippen LogP contribution is -2.36. The van der Waals surface area contributed by atoms with Crippen LogP contribution in [0.2, 0.25) is 0 Å². The molecule has 3 heterocycles. The first-order valence-corrected chi connectivity index (χ1v) is 11.3. The summed E-state index contributed by atoms with van der Waals surface area (Å²) < 4.78 is 11.4. The predicted molar refractivity (Wildman–Crippen MR) is 133 cm³/mol. The molecular weight excluding hydrogens is 462 g/mol. The summed E-state index contributed by atoms with van der Waals surface area (Å²) in [6.07, 6.45) is 6.01. The Bertz CT molecular complexity index is 1350. The van der Waals surface area contributed by atoms with E-state index in [1.807, 2.05) is 49.9 Å². The molecule has 1 aromatic carbocycles. The first-order chi connectivity index (χ1) is 17.4. The van der Waals surface area contributed by atoms with E-state index in [2.05, 4.69) is 24.9 Å². The maximum absolute atomic E-state index is 11.6. The van der Waals surface area contributed by atoms with Crippen molar-refractivity contribution in [1.29, 1.82) is 0 Å². The number of carbonyl (C=O) groups is 1. The molecule has 0 unspecified atom stereocenters. The fourth-order valence-corrected chi connectivity index (χ4v) is 3.70. The topological polar surface area (TPSA) is 135 Å². The van der Waals surface area contributed by atoms with E-state index in [1.54, 1.807) is 18.8 Å². The smallest absolute Gasteiger partial charge is 0.277 e. The SMILES string of the molecule is COc1ccc(-c2cc(OCCN(c3ncc(C(=O)NO)cn3)C(C)C)c3ncnc(C)c3c2)cn1. The van der Waals surface area contributed by atoms with E-state index in [9.17, 15) is 4.79 Å². The predicted octanol–water partition coefficient (Wildman–Crippen LogP) is 3.21. The summed E-state index contributed by atoms with van der Waals surface area (Å²) in [5.41, 5.74) is 5.13. The number of ether oxygens (including phenoxy) is 2. The molecule has 0 aliphatic rings. The zero-order valence-corrected chi connectivity index (χ0v) is 20.5. The number of rotatable bonds is 9. The van der Waals surface area contributed by atoms with Crippen LogP contribution in [0.15, 0.2) is 49.2 Å². The number of methoxy groups -OCH3 is 1. The molecule has 0 aliphatic heterocycles. The molecule has 0 radical (unpaired) electrons. The van der Waals surface area contributed by atoms with Crippen molar-refractivity contribution in [3.63, 3.8) is 0 Å². The number of benzene rings is 1. The summed E-state index contributed by atoms with van der Waals surface area (Å²) in [6.45, 7) is 6.79. The highest BCUT2D eigenvalue weighted by Crippen LogP contribution is 2.32. The average molecular weight is 490 g/mol. The lowest BCUT2D eigenvalue weighted by atomic mass is 10.0. The molecule has 0 aliphatic carbocycles. The second-order valence-electron chi connectivity index (χ2n) is 8.27. The van der Waals surface area contributed by atoms with Gasteiger partial charge in [-0.25, -0.2) is 30.4 Å². The van der Waals surface area contributed by atoms with E-state index < -0.39 is 5.91 Å². The largest absolute Gasteiger partial charge is 0.489 e. The van der Waals surface area contributed by atoms with Crippen LogP contribution in [0.1, 0.15) is 29.9 Å². The number of nitrogens with zero attached hydrogens (tertiary/aromatic N) is 6. The molecule has 0 spiro atoms. The number of hydroxylamine groups is 1. The Labute approximate surface area is 208 Å². The van der Waals surface area contributed by atoms with Gasteiger partial charge < -0.3 is 14.4 Å². The number of amides is 1. The highest BCUT2D eigenvalue weighted by Gasteiger charge is 2.16. The summed E-state index contributed by atoms with van der Waals surface area (Å²) in [5.74, 6) is 0.946. The van der Waals surface area contributed by atoms with Crippen LogP contribution in [-0.2, 0) is 0 Å². The van der Waals surface area contributed by atoms with Crippen LogP contribution in [0.3, 0.4) is 0 Å². The Balaban J connectivity index is 1.58. The van der Waals surface area contributed by atoms with E-state index in [0.717, 1.165) is 27.7 Å². The van der Waals surface area contributed by atoms with Crippen LogP contribution in [0, 0.1) is 6.92 Å². The van der Waals surface area contributed by atoms with E-state index >= 15 is 0 Å². The van der Waals surface area contributed by atoms with Crippen LogP contribution in [0.25, 0.3) is 22.0 Å². The van der Waals surface area contributed by atoms with Crippen molar-refractivity contribution in [3.05, 3.63) is 60.4 Å². The zero-order chi connectivity index (χ0) is 25.7. The molecule has 0 bridgehead atoms. The second kappa shape index (κ2) is 10.9. The van der Waals surface area contributed by atoms with Gasteiger partial charge in [0, 0.05) is 47.3 Å². The molecule has 11 heteroatoms. The molecule has 0 atom stereocenters. The quantitative estimate of drug-likeness (QED) is 0.266. The van der Waals surface area contributed by atoms with Gasteiger partial charge in [-0.05, 0) is 44.5 Å². The molecule has 4 aromatic rings. The molecule has 36 heavy (non-hydrogen) atoms. The molecule has 4 rings (SSSR count). The number of aromatic nitrogens is 5. The minimum absolute atomic E-state index is 0.0733. The first kappa shape index (κ1) is 24.7. The highest BCUT2D eigenvalue weighted by atomic mass is 16.5. The fourth-order valence-electron chi connectivity index (χ4n) is 3.70. The van der Waals surface area contributed by atoms with E-state index in [4.69, 9.17) is 14.7 Å². The Morgan fingerprint density at radius 1 is 1.06 bits per heavy atom. The van der Waals surface area contributed by atoms with Crippen molar-refractivity contribution >= 4 is 22.8 Å². The van der Waals surface area contributed by atoms with Crippen LogP contribution in [0.5, 0.6) is 11.6 Å². The van der Waals surface area contributed by atoms with E-state index in [0.29, 0.717) is 30.7 Å². The third-order valence-corrected chi connectivity index (χ3v) is 5.65. The van der Waals surface area contributed by atoms with Gasteiger partial charge in [-0.3, -0.25) is 10.0 Å². The molecule has 1 amide bonds. The first-order valence-electron chi connectivity index (χ1n) is 11.3. The molecule has 11 nitrogen and oxygen atoms in total. The molecule has 0 saturated heterocycles. The summed E-state index contributed by atoms with van der Waals surface area (Å²) >= 11 is 0. The fraction of sp³-hybridized carbons (Fsp3) is 0.280. The van der Waals surface area contributed by atoms with Crippen LogP contribution < -0.4 is 19.9 Å². The van der Waals surface area contributed by atoms with E-state index in [1.165, 1.54) is 18.7 Å². The molecule has 186 valence electrons. The van der Waals surface area contributed by atoms with Gasteiger partial charge in [-0.1, -0.05) is 0 Å². The number of aryl methyl sites for hydroxylation is 1. The molecular formula is C25H27N7O4. The Hall–Kier alpha value is -4.38. The number of anilines is 1. The minimum atomic E-state index is -0.669. The third-order valence-electron chi connectivity index (χ3n) is 5.65. The Morgan fingerprint density at radius 3 is 2.47 bits per heavy atom. The van der Waals surface area contributed by atoms with Gasteiger partial charge in [-0.15, -0.1) is 0 Å². The van der Waals surface area contributed by atoms with Gasteiger partial charge in [0.1, 0.15) is 24.2 Å². The van der Waals surface area contributed by atoms with Gasteiger partial charge >= 0.3 is 0 Å². The maximum atomic E-state index is 11.6. The molecule has 0 fully saturated rings. The zero-order valence-electron chi connectivity index (χ0n) is 20.5. The number of hydrogen-bond acceptors (Lipinski definition) is 10. The number of hydrogen-bond donors (Lipinski definition) is 2. The van der Waals surface area contributed by atoms with Crippen molar-refractivity contribution in [2.24, 2.45) is 0 Å². The van der Waals surface area contributed by atoms with Crippen molar-refractivity contribution in [2.45, 2.75) is 26.8 Å². The van der Waals surface area contributed by atoms with Crippen LogP contribution >= 0.6 is 0 Å². The summed E-state index contributed by atoms with van der Waals surface area (Å²) in [6, 6.07) is 7.79. The lowest BCUT2D eigenvalue weighted by molar-refractivity contribution is 0.0705. The molecule has 3 aromatic heterocycles. The number of nitrogens with one attached hydrogen (secondary N) is 1. The molecule has 0 saturated carbocycles. The van der Waals surface area contributed by atoms with Crippen LogP contribution in [-0.4, -0.2) is 62.3 Å². The molecule has 2 N–H and O–H groups in total. The monoisotopic (exact) mass is 489 g/mol. The Kier molecular flexibility index (Phi) is 7.50. The summed E-state index contributed by atoms with van der Waals surface area (Å²) in [4.78, 5) is 35.2. The van der Waals surface area contributed by atoms with Gasteiger partial charge in [0.25, 0.3) is 5.91 Å². The van der Waals surface area contributed by atoms with E-state index in [-0.39, 0.29) is 11.6 Å². The normalized spacial score (nSPS) is 10.9. The number of pyridine rings is 1. The highest BCUT2D eigenvalue weighted by molar-refractivity contribution is 5.93. The van der Waals surface area contributed by atoms with Crippen molar-refractivity contribution < 1.29 is 19.5 Å². The number of carbonyl (C=O) groups excluding carboxylic acids is 1. The minimum Gasteiger partial charge on any atom is -0.489 e. The summed E-state index contributed by atoms with van der Waals surface area (Å²) in [5, 5.41) is 9.68. The van der Waals surface area contributed by atoms with Gasteiger partial charge in [-0.2, -0.15) is 0 Å². The average Bonchev–Trinajstić information content (AvgIpc) is 2.91. The van der Waals surface area contributed by atoms with Crippen molar-refractivity contribution in [1.82, 2.24) is 30.4 Å². The van der Waals surface area contributed by atoms with Gasteiger partial charge in [0.2, 0.25) is 11.8 Å². The van der Waals surface area contributed by atoms with Crippen LogP contribution in [0.4, 0.5) is 5.95 Å². The number of fused-ring (bicyclic) bond motifs is 1. The standard InChI is InChI=1S/C25H27N7O4/c1-15(2)32(25-27-12-19(13-28-25)24(33)31-34)7-8-36-21-10-18(17-5-6-22(35-4)26-11-17)9-20-16(3)29-14-30-23(20)21/h5-6,9-15,34H,7-8H2,1-4H3,(H,31,33). The Morgan fingerprint density at radius 2 is 1.83 bits per heavy atom. The van der Waals surface area contributed by atoms with Crippen molar-refractivity contribution in [2.75, 3.05) is 25.2 Å². The second-order valence-corrected chi connectivity index (χ2v) is 8.27. The lowest BCUT2D eigenvalue weighted by Gasteiger charge is -2.26. The van der Waals surface area contributed by atoms with Gasteiger partial charge in [0.05, 0.1) is 19.2 Å². The van der Waals surface area contributed by atoms with Gasteiger partial charge in [0.15, 0.2) is 0 Å². The maximum Gasteiger partial charge on any atom is 0.277 e. The third kappa shape index (κ3) is 5.31.